The first-order valence-corrected chi connectivity index (χ1v) is 10.1. The SMILES string of the molecule is C=C1C2N(c3ccccc3)c3cccnc3N2c2ccccc2C1(CC)CC. The highest BCUT2D eigenvalue weighted by atomic mass is 15.5. The first kappa shape index (κ1) is 17.1. The molecule has 0 spiro atoms. The molecule has 1 atom stereocenters. The molecule has 2 aliphatic rings. The highest BCUT2D eigenvalue weighted by Gasteiger charge is 2.51. The van der Waals surface area contributed by atoms with Crippen molar-refractivity contribution in [1.82, 2.24) is 4.98 Å². The van der Waals surface area contributed by atoms with Crippen LogP contribution in [0.4, 0.5) is 22.9 Å². The van der Waals surface area contributed by atoms with Crippen molar-refractivity contribution in [2.45, 2.75) is 38.3 Å². The summed E-state index contributed by atoms with van der Waals surface area (Å²) in [5, 5.41) is 0. The molecule has 0 aliphatic carbocycles. The zero-order valence-corrected chi connectivity index (χ0v) is 16.5. The summed E-state index contributed by atoms with van der Waals surface area (Å²) in [6, 6.07) is 23.6. The van der Waals surface area contributed by atoms with E-state index in [1.165, 1.54) is 22.5 Å². The van der Waals surface area contributed by atoms with Gasteiger partial charge in [-0.05, 0) is 54.3 Å². The van der Waals surface area contributed by atoms with Gasteiger partial charge in [-0.25, -0.2) is 4.98 Å². The van der Waals surface area contributed by atoms with Crippen LogP contribution in [-0.2, 0) is 5.41 Å². The molecule has 0 saturated carbocycles. The normalized spacial score (nSPS) is 19.2. The summed E-state index contributed by atoms with van der Waals surface area (Å²) in [6.07, 6.45) is 3.99. The summed E-state index contributed by atoms with van der Waals surface area (Å²) in [4.78, 5) is 9.58. The Kier molecular flexibility index (Phi) is 3.80. The first-order valence-electron chi connectivity index (χ1n) is 10.1. The number of rotatable bonds is 3. The lowest BCUT2D eigenvalue weighted by Crippen LogP contribution is -2.50. The molecule has 0 N–H and O–H groups in total. The number of fused-ring (bicyclic) bond motifs is 5. The molecule has 2 aromatic carbocycles. The maximum Gasteiger partial charge on any atom is 0.159 e. The molecule has 3 aromatic rings. The van der Waals surface area contributed by atoms with Gasteiger partial charge in [-0.1, -0.05) is 56.8 Å². The average Bonchev–Trinajstić information content (AvgIpc) is 3.11. The van der Waals surface area contributed by atoms with E-state index >= 15 is 0 Å². The van der Waals surface area contributed by atoms with Crippen LogP contribution in [-0.4, -0.2) is 11.1 Å². The van der Waals surface area contributed by atoms with Gasteiger partial charge in [0.15, 0.2) is 5.82 Å². The van der Waals surface area contributed by atoms with Gasteiger partial charge in [-0.2, -0.15) is 0 Å². The summed E-state index contributed by atoms with van der Waals surface area (Å²) in [6.45, 7) is 9.27. The third kappa shape index (κ3) is 2.07. The van der Waals surface area contributed by atoms with Crippen molar-refractivity contribution in [1.29, 1.82) is 0 Å². The molecular weight excluding hydrogens is 342 g/mol. The summed E-state index contributed by atoms with van der Waals surface area (Å²) < 4.78 is 0. The Morgan fingerprint density at radius 1 is 0.857 bits per heavy atom. The predicted octanol–water partition coefficient (Wildman–Crippen LogP) is 6.33. The molecule has 3 heteroatoms. The molecule has 28 heavy (non-hydrogen) atoms. The average molecular weight is 367 g/mol. The number of hydrogen-bond donors (Lipinski definition) is 0. The van der Waals surface area contributed by atoms with Crippen molar-refractivity contribution in [2.75, 3.05) is 9.80 Å². The maximum absolute atomic E-state index is 4.80. The molecule has 1 unspecified atom stereocenters. The number of benzene rings is 2. The molecule has 2 aliphatic heterocycles. The third-order valence-electron chi connectivity index (χ3n) is 6.59. The van der Waals surface area contributed by atoms with Crippen LogP contribution in [0.5, 0.6) is 0 Å². The number of aromatic nitrogens is 1. The maximum atomic E-state index is 4.80. The Labute approximate surface area is 167 Å². The highest BCUT2D eigenvalue weighted by Crippen LogP contribution is 2.58. The summed E-state index contributed by atoms with van der Waals surface area (Å²) >= 11 is 0. The van der Waals surface area contributed by atoms with Crippen molar-refractivity contribution >= 4 is 22.9 Å². The van der Waals surface area contributed by atoms with Gasteiger partial charge in [0.25, 0.3) is 0 Å². The molecule has 0 amide bonds. The Morgan fingerprint density at radius 3 is 2.29 bits per heavy atom. The topological polar surface area (TPSA) is 19.4 Å². The fraction of sp³-hybridized carbons (Fsp3) is 0.240. The molecule has 1 aromatic heterocycles. The molecule has 3 heterocycles. The van der Waals surface area contributed by atoms with E-state index in [0.717, 1.165) is 24.3 Å². The quantitative estimate of drug-likeness (QED) is 0.505. The number of anilines is 4. The standard InChI is InChI=1S/C25H25N3/c1-4-25(5-2)18(3)24-27(19-12-7-6-8-13-19)22-16-11-17-26-23(22)28(24)21-15-10-9-14-20(21)25/h6-17,24H,3-5H2,1-2H3. The Hall–Kier alpha value is -3.07. The second-order valence-electron chi connectivity index (χ2n) is 7.63. The van der Waals surface area contributed by atoms with Gasteiger partial charge in [-0.15, -0.1) is 0 Å². The number of pyridine rings is 1. The van der Waals surface area contributed by atoms with E-state index in [2.05, 4.69) is 84.3 Å². The summed E-state index contributed by atoms with van der Waals surface area (Å²) in [7, 11) is 0. The molecule has 0 fully saturated rings. The van der Waals surface area contributed by atoms with Gasteiger partial charge < -0.3 is 4.90 Å². The molecule has 0 saturated heterocycles. The van der Waals surface area contributed by atoms with Crippen LogP contribution < -0.4 is 9.80 Å². The van der Waals surface area contributed by atoms with Gasteiger partial charge in [0.1, 0.15) is 6.17 Å². The largest absolute Gasteiger partial charge is 0.313 e. The van der Waals surface area contributed by atoms with E-state index in [4.69, 9.17) is 11.6 Å². The van der Waals surface area contributed by atoms with Crippen molar-refractivity contribution in [2.24, 2.45) is 0 Å². The zero-order chi connectivity index (χ0) is 19.3. The molecule has 0 radical (unpaired) electrons. The molecule has 140 valence electrons. The first-order chi connectivity index (χ1) is 13.7. The predicted molar refractivity (Wildman–Crippen MR) is 117 cm³/mol. The minimum atomic E-state index is -0.0349. The zero-order valence-electron chi connectivity index (χ0n) is 16.5. The monoisotopic (exact) mass is 367 g/mol. The number of nitrogens with zero attached hydrogens (tertiary/aromatic N) is 3. The summed E-state index contributed by atoms with van der Waals surface area (Å²) in [5.41, 5.74) is 6.14. The number of para-hydroxylation sites is 2. The van der Waals surface area contributed by atoms with E-state index in [0.29, 0.717) is 0 Å². The van der Waals surface area contributed by atoms with Crippen LogP contribution in [0.2, 0.25) is 0 Å². The second kappa shape index (κ2) is 6.23. The van der Waals surface area contributed by atoms with Crippen molar-refractivity contribution < 1.29 is 0 Å². The lowest BCUT2D eigenvalue weighted by atomic mass is 9.66. The van der Waals surface area contributed by atoms with Gasteiger partial charge in [0, 0.05) is 23.0 Å². The molecule has 3 nitrogen and oxygen atoms in total. The minimum Gasteiger partial charge on any atom is -0.313 e. The smallest absolute Gasteiger partial charge is 0.159 e. The van der Waals surface area contributed by atoms with Crippen LogP contribution in [0.1, 0.15) is 32.3 Å². The van der Waals surface area contributed by atoms with Crippen LogP contribution in [0.3, 0.4) is 0 Å². The Balaban J connectivity index is 1.82. The molecule has 5 rings (SSSR count). The fourth-order valence-corrected chi connectivity index (χ4v) is 5.15. The van der Waals surface area contributed by atoms with Gasteiger partial charge in [-0.3, -0.25) is 4.90 Å². The van der Waals surface area contributed by atoms with Crippen LogP contribution in [0, 0.1) is 0 Å². The minimum absolute atomic E-state index is 0.0297. The number of hydrogen-bond acceptors (Lipinski definition) is 3. The van der Waals surface area contributed by atoms with Crippen LogP contribution in [0.25, 0.3) is 0 Å². The molecule has 0 bridgehead atoms. The van der Waals surface area contributed by atoms with Crippen molar-refractivity contribution in [3.05, 3.63) is 90.6 Å². The lowest BCUT2D eigenvalue weighted by Gasteiger charge is -2.49. The van der Waals surface area contributed by atoms with Crippen molar-refractivity contribution in [3.8, 4) is 0 Å². The molecular formula is C25H25N3. The van der Waals surface area contributed by atoms with Gasteiger partial charge in [0.2, 0.25) is 0 Å². The van der Waals surface area contributed by atoms with Crippen LogP contribution in [0.15, 0.2) is 85.1 Å². The Bertz CT molecular complexity index is 1040. The van der Waals surface area contributed by atoms with Crippen LogP contribution >= 0.6 is 0 Å². The van der Waals surface area contributed by atoms with E-state index in [1.807, 2.05) is 12.3 Å². The van der Waals surface area contributed by atoms with E-state index < -0.39 is 0 Å². The van der Waals surface area contributed by atoms with Gasteiger partial charge >= 0.3 is 0 Å². The van der Waals surface area contributed by atoms with Crippen molar-refractivity contribution in [3.63, 3.8) is 0 Å². The lowest BCUT2D eigenvalue weighted by molar-refractivity contribution is 0.425. The van der Waals surface area contributed by atoms with E-state index in [1.54, 1.807) is 0 Å². The van der Waals surface area contributed by atoms with Gasteiger partial charge in [0.05, 0.1) is 5.69 Å². The Morgan fingerprint density at radius 2 is 1.54 bits per heavy atom. The summed E-state index contributed by atoms with van der Waals surface area (Å²) in [5.74, 6) is 1.01. The van der Waals surface area contributed by atoms with E-state index in [-0.39, 0.29) is 11.6 Å². The second-order valence-corrected chi connectivity index (χ2v) is 7.63. The van der Waals surface area contributed by atoms with E-state index in [9.17, 15) is 0 Å². The highest BCUT2D eigenvalue weighted by molar-refractivity contribution is 5.90. The fourth-order valence-electron chi connectivity index (χ4n) is 5.15. The third-order valence-corrected chi connectivity index (χ3v) is 6.59.